The van der Waals surface area contributed by atoms with Crippen LogP contribution in [0.5, 0.6) is 0 Å². The summed E-state index contributed by atoms with van der Waals surface area (Å²) in [4.78, 5) is 14.8. The van der Waals surface area contributed by atoms with Crippen molar-refractivity contribution in [1.82, 2.24) is 10.3 Å². The van der Waals surface area contributed by atoms with Gasteiger partial charge in [0.1, 0.15) is 11.3 Å². The number of nitrogens with one attached hydrogen (secondary N) is 1. The number of hydrogen-bond acceptors (Lipinski definition) is 4. The van der Waals surface area contributed by atoms with E-state index in [2.05, 4.69) is 10.3 Å². The highest BCUT2D eigenvalue weighted by atomic mass is 35.5. The van der Waals surface area contributed by atoms with Crippen LogP contribution in [0.25, 0.3) is 5.57 Å². The van der Waals surface area contributed by atoms with Crippen molar-refractivity contribution in [3.05, 3.63) is 70.5 Å². The van der Waals surface area contributed by atoms with Crippen LogP contribution in [0.2, 0.25) is 5.15 Å². The molecule has 2 unspecified atom stereocenters. The van der Waals surface area contributed by atoms with Crippen molar-refractivity contribution in [2.75, 3.05) is 6.54 Å². The maximum atomic E-state index is 10.7. The van der Waals surface area contributed by atoms with Crippen molar-refractivity contribution in [2.24, 2.45) is 0 Å². The van der Waals surface area contributed by atoms with Crippen LogP contribution in [0, 0.1) is 0 Å². The highest BCUT2D eigenvalue weighted by Crippen LogP contribution is 2.16. The Balaban J connectivity index is 1.87. The molecule has 0 saturated heterocycles. The fraction of sp³-hybridized carbons (Fsp3) is 0.300. The van der Waals surface area contributed by atoms with E-state index in [0.29, 0.717) is 23.0 Å². The summed E-state index contributed by atoms with van der Waals surface area (Å²) in [7, 11) is 0. The zero-order chi connectivity index (χ0) is 19.1. The Morgan fingerprint density at radius 2 is 1.96 bits per heavy atom. The molecular weight excluding hydrogens is 352 g/mol. The number of hydrogen-bond donors (Lipinski definition) is 3. The molecule has 1 heterocycles. The Hall–Kier alpha value is -2.21. The molecule has 0 aliphatic rings. The molecule has 3 N–H and O–H groups in total. The second kappa shape index (κ2) is 9.48. The number of carbonyl (C=O) groups is 1. The summed E-state index contributed by atoms with van der Waals surface area (Å²) in [6.45, 7) is 4.20. The number of allylic oxidation sites excluding steroid dienone is 1. The standard InChI is InChI=1S/C20H23ClN2O3/c1-13(10-20(25)26)16-8-6-15(7-9-16)11-14(2)22-12-18(24)17-4-3-5-19(21)23-17/h3-10,14,18,22,24H,11-12H2,1-2H3,(H,25,26). The van der Waals surface area contributed by atoms with Crippen molar-refractivity contribution in [3.63, 3.8) is 0 Å². The van der Waals surface area contributed by atoms with E-state index in [9.17, 15) is 9.90 Å². The van der Waals surface area contributed by atoms with E-state index in [-0.39, 0.29) is 6.04 Å². The Morgan fingerprint density at radius 3 is 2.58 bits per heavy atom. The van der Waals surface area contributed by atoms with Crippen LogP contribution in [0.15, 0.2) is 48.5 Å². The number of benzene rings is 1. The van der Waals surface area contributed by atoms with Crippen LogP contribution in [0.4, 0.5) is 0 Å². The highest BCUT2D eigenvalue weighted by molar-refractivity contribution is 6.29. The minimum absolute atomic E-state index is 0.158. The van der Waals surface area contributed by atoms with Gasteiger partial charge in [0, 0.05) is 18.7 Å². The van der Waals surface area contributed by atoms with Crippen LogP contribution >= 0.6 is 11.6 Å². The molecule has 2 rings (SSSR count). The van der Waals surface area contributed by atoms with Gasteiger partial charge in [-0.25, -0.2) is 9.78 Å². The van der Waals surface area contributed by atoms with Gasteiger partial charge >= 0.3 is 5.97 Å². The molecular formula is C20H23ClN2O3. The number of nitrogens with zero attached hydrogens (tertiary/aromatic N) is 1. The number of carboxylic acid groups (broad SMARTS) is 1. The normalized spacial score (nSPS) is 14.1. The van der Waals surface area contributed by atoms with Gasteiger partial charge < -0.3 is 15.5 Å². The van der Waals surface area contributed by atoms with Crippen LogP contribution in [0.1, 0.15) is 36.8 Å². The van der Waals surface area contributed by atoms with Gasteiger partial charge in [-0.05, 0) is 49.1 Å². The van der Waals surface area contributed by atoms with Crippen molar-refractivity contribution in [1.29, 1.82) is 0 Å². The summed E-state index contributed by atoms with van der Waals surface area (Å²) < 4.78 is 0. The Morgan fingerprint density at radius 1 is 1.27 bits per heavy atom. The first-order valence-corrected chi connectivity index (χ1v) is 8.77. The summed E-state index contributed by atoms with van der Waals surface area (Å²) in [5.74, 6) is -0.947. The molecule has 2 atom stereocenters. The lowest BCUT2D eigenvalue weighted by molar-refractivity contribution is -0.131. The average molecular weight is 375 g/mol. The molecule has 0 saturated carbocycles. The molecule has 138 valence electrons. The third-order valence-electron chi connectivity index (χ3n) is 4.03. The van der Waals surface area contributed by atoms with Crippen LogP contribution in [0.3, 0.4) is 0 Å². The SMILES string of the molecule is CC(=CC(=O)O)c1ccc(CC(C)NCC(O)c2cccc(Cl)n2)cc1. The van der Waals surface area contributed by atoms with Crippen LogP contribution in [-0.2, 0) is 11.2 Å². The number of aliphatic hydroxyl groups is 1. The van der Waals surface area contributed by atoms with Gasteiger partial charge in [0.2, 0.25) is 0 Å². The Kier molecular flexibility index (Phi) is 7.33. The van der Waals surface area contributed by atoms with E-state index < -0.39 is 12.1 Å². The molecule has 6 heteroatoms. The van der Waals surface area contributed by atoms with Crippen molar-refractivity contribution >= 4 is 23.1 Å². The monoisotopic (exact) mass is 374 g/mol. The minimum Gasteiger partial charge on any atom is -0.478 e. The third kappa shape index (κ3) is 6.26. The van der Waals surface area contributed by atoms with Gasteiger partial charge in [-0.1, -0.05) is 41.9 Å². The summed E-state index contributed by atoms with van der Waals surface area (Å²) in [5.41, 5.74) is 3.28. The van der Waals surface area contributed by atoms with E-state index in [0.717, 1.165) is 17.5 Å². The maximum absolute atomic E-state index is 10.7. The molecule has 0 aliphatic carbocycles. The molecule has 0 spiro atoms. The topological polar surface area (TPSA) is 82.5 Å². The van der Waals surface area contributed by atoms with Gasteiger partial charge in [0.25, 0.3) is 0 Å². The minimum atomic E-state index is -0.947. The lowest BCUT2D eigenvalue weighted by Crippen LogP contribution is -2.32. The number of carboxylic acids is 1. The Labute approximate surface area is 158 Å². The average Bonchev–Trinajstić information content (AvgIpc) is 2.59. The molecule has 0 amide bonds. The van der Waals surface area contributed by atoms with E-state index >= 15 is 0 Å². The van der Waals surface area contributed by atoms with Gasteiger partial charge in [-0.15, -0.1) is 0 Å². The number of aromatic nitrogens is 1. The van der Waals surface area contributed by atoms with Crippen molar-refractivity contribution in [2.45, 2.75) is 32.4 Å². The van der Waals surface area contributed by atoms with E-state index in [4.69, 9.17) is 16.7 Å². The number of aliphatic hydroxyl groups excluding tert-OH is 1. The summed E-state index contributed by atoms with van der Waals surface area (Å²) >= 11 is 5.84. The summed E-state index contributed by atoms with van der Waals surface area (Å²) in [5, 5.41) is 22.6. The molecule has 1 aromatic heterocycles. The zero-order valence-corrected chi connectivity index (χ0v) is 15.6. The lowest BCUT2D eigenvalue weighted by atomic mass is 10.0. The van der Waals surface area contributed by atoms with Crippen LogP contribution in [-0.4, -0.2) is 33.8 Å². The van der Waals surface area contributed by atoms with Crippen LogP contribution < -0.4 is 5.32 Å². The van der Waals surface area contributed by atoms with Gasteiger partial charge in [0.05, 0.1) is 5.69 Å². The molecule has 2 aromatic rings. The van der Waals surface area contributed by atoms with Gasteiger partial charge in [-0.3, -0.25) is 0 Å². The lowest BCUT2D eigenvalue weighted by Gasteiger charge is -2.17. The molecule has 5 nitrogen and oxygen atoms in total. The number of aliphatic carboxylic acids is 1. The molecule has 1 aromatic carbocycles. The van der Waals surface area contributed by atoms with E-state index in [1.54, 1.807) is 25.1 Å². The maximum Gasteiger partial charge on any atom is 0.328 e. The van der Waals surface area contributed by atoms with Crippen molar-refractivity contribution in [3.8, 4) is 0 Å². The predicted molar refractivity (Wildman–Crippen MR) is 103 cm³/mol. The fourth-order valence-electron chi connectivity index (χ4n) is 2.62. The largest absolute Gasteiger partial charge is 0.478 e. The molecule has 26 heavy (non-hydrogen) atoms. The van der Waals surface area contributed by atoms with Gasteiger partial charge in [0.15, 0.2) is 0 Å². The quantitative estimate of drug-likeness (QED) is 0.486. The third-order valence-corrected chi connectivity index (χ3v) is 4.24. The first-order chi connectivity index (χ1) is 12.3. The first kappa shape index (κ1) is 20.1. The van der Waals surface area contributed by atoms with E-state index in [1.165, 1.54) is 6.08 Å². The van der Waals surface area contributed by atoms with Gasteiger partial charge in [-0.2, -0.15) is 0 Å². The van der Waals surface area contributed by atoms with E-state index in [1.807, 2.05) is 31.2 Å². The molecule has 0 bridgehead atoms. The fourth-order valence-corrected chi connectivity index (χ4v) is 2.80. The smallest absolute Gasteiger partial charge is 0.328 e. The highest BCUT2D eigenvalue weighted by Gasteiger charge is 2.11. The summed E-state index contributed by atoms with van der Waals surface area (Å²) in [6.07, 6.45) is 1.27. The number of pyridine rings is 1. The predicted octanol–water partition coefficient (Wildman–Crippen LogP) is 3.48. The number of halogens is 1. The first-order valence-electron chi connectivity index (χ1n) is 8.39. The zero-order valence-electron chi connectivity index (χ0n) is 14.8. The Bertz CT molecular complexity index is 775. The molecule has 0 aliphatic heterocycles. The second-order valence-electron chi connectivity index (χ2n) is 6.28. The van der Waals surface area contributed by atoms with Crippen molar-refractivity contribution < 1.29 is 15.0 Å². The number of rotatable bonds is 8. The second-order valence-corrected chi connectivity index (χ2v) is 6.66. The summed E-state index contributed by atoms with van der Waals surface area (Å²) in [6, 6.07) is 13.1. The molecule has 0 radical (unpaired) electrons. The molecule has 0 fully saturated rings.